The van der Waals surface area contributed by atoms with Crippen LogP contribution in [0, 0.1) is 6.92 Å². The zero-order chi connectivity index (χ0) is 15.9. The highest BCUT2D eigenvalue weighted by Crippen LogP contribution is 2.28. The van der Waals surface area contributed by atoms with Gasteiger partial charge in [-0.1, -0.05) is 43.4 Å². The number of para-hydroxylation sites is 1. The van der Waals surface area contributed by atoms with Crippen LogP contribution < -0.4 is 4.72 Å². The molecular formula is C14H16N4O2S2. The minimum absolute atomic E-state index is 0.0171. The lowest BCUT2D eigenvalue weighted by molar-refractivity contribution is 0.589. The minimum Gasteiger partial charge on any atom is -0.278 e. The van der Waals surface area contributed by atoms with Gasteiger partial charge in [-0.05, 0) is 25.0 Å². The van der Waals surface area contributed by atoms with E-state index in [0.29, 0.717) is 16.3 Å². The summed E-state index contributed by atoms with van der Waals surface area (Å²) in [5.74, 6) is -0.0171. The van der Waals surface area contributed by atoms with Crippen LogP contribution in [0.25, 0.3) is 4.96 Å². The van der Waals surface area contributed by atoms with E-state index in [4.69, 9.17) is 0 Å². The SMILES string of the molecule is Cc1nn2c(S(=O)(=O)Nc3ccccc3)c(C(C)C)nc2s1. The third-order valence-corrected chi connectivity index (χ3v) is 5.34. The number of sulfonamides is 1. The van der Waals surface area contributed by atoms with E-state index in [1.807, 2.05) is 26.8 Å². The Morgan fingerprint density at radius 2 is 1.91 bits per heavy atom. The standard InChI is InChI=1S/C14H16N4O2S2/c1-9(2)12-13(18-14(15-12)21-10(3)16-18)22(19,20)17-11-7-5-4-6-8-11/h4-9,17H,1-3H3. The smallest absolute Gasteiger partial charge is 0.278 e. The Balaban J connectivity index is 2.16. The minimum atomic E-state index is -3.76. The first-order chi connectivity index (χ1) is 10.4. The van der Waals surface area contributed by atoms with Gasteiger partial charge in [-0.3, -0.25) is 4.72 Å². The quantitative estimate of drug-likeness (QED) is 0.794. The molecule has 8 heteroatoms. The largest absolute Gasteiger partial charge is 0.281 e. The van der Waals surface area contributed by atoms with Gasteiger partial charge in [0.15, 0.2) is 0 Å². The van der Waals surface area contributed by atoms with Gasteiger partial charge >= 0.3 is 0 Å². The fourth-order valence-electron chi connectivity index (χ4n) is 2.18. The van der Waals surface area contributed by atoms with Gasteiger partial charge in [-0.15, -0.1) is 0 Å². The molecule has 0 aliphatic heterocycles. The summed E-state index contributed by atoms with van der Waals surface area (Å²) in [6.45, 7) is 5.66. The molecule has 0 unspecified atom stereocenters. The van der Waals surface area contributed by atoms with Crippen molar-refractivity contribution >= 4 is 32.0 Å². The summed E-state index contributed by atoms with van der Waals surface area (Å²) in [4.78, 5) is 5.03. The lowest BCUT2D eigenvalue weighted by atomic mass is 10.2. The maximum atomic E-state index is 12.8. The Morgan fingerprint density at radius 1 is 1.23 bits per heavy atom. The fourth-order valence-corrected chi connectivity index (χ4v) is 4.44. The van der Waals surface area contributed by atoms with Crippen molar-refractivity contribution in [2.45, 2.75) is 31.7 Å². The van der Waals surface area contributed by atoms with Crippen molar-refractivity contribution in [1.29, 1.82) is 0 Å². The van der Waals surface area contributed by atoms with Crippen LogP contribution >= 0.6 is 11.3 Å². The van der Waals surface area contributed by atoms with Crippen LogP contribution in [0.4, 0.5) is 5.69 Å². The third-order valence-electron chi connectivity index (χ3n) is 3.12. The Morgan fingerprint density at radius 3 is 2.55 bits per heavy atom. The van der Waals surface area contributed by atoms with E-state index in [1.165, 1.54) is 15.9 Å². The van der Waals surface area contributed by atoms with Crippen molar-refractivity contribution in [2.24, 2.45) is 0 Å². The number of imidazole rings is 1. The van der Waals surface area contributed by atoms with Crippen molar-refractivity contribution in [3.63, 3.8) is 0 Å². The van der Waals surface area contributed by atoms with Crippen LogP contribution in [0.2, 0.25) is 0 Å². The first kappa shape index (κ1) is 15.0. The summed E-state index contributed by atoms with van der Waals surface area (Å²) < 4.78 is 29.6. The molecule has 3 aromatic rings. The van der Waals surface area contributed by atoms with Crippen LogP contribution in [-0.2, 0) is 10.0 Å². The Bertz CT molecular complexity index is 911. The monoisotopic (exact) mass is 336 g/mol. The van der Waals surface area contributed by atoms with Gasteiger partial charge < -0.3 is 0 Å². The van der Waals surface area contributed by atoms with Gasteiger partial charge in [0.05, 0.1) is 5.69 Å². The Labute approximate surface area is 132 Å². The van der Waals surface area contributed by atoms with Gasteiger partial charge in [0.2, 0.25) is 9.99 Å². The molecule has 0 aliphatic rings. The topological polar surface area (TPSA) is 76.4 Å². The van der Waals surface area contributed by atoms with E-state index in [9.17, 15) is 8.42 Å². The molecule has 0 saturated carbocycles. The number of nitrogens with one attached hydrogen (secondary N) is 1. The van der Waals surface area contributed by atoms with Crippen LogP contribution in [0.3, 0.4) is 0 Å². The highest BCUT2D eigenvalue weighted by molar-refractivity contribution is 7.92. The summed E-state index contributed by atoms with van der Waals surface area (Å²) in [5.41, 5.74) is 1.04. The molecule has 0 aliphatic carbocycles. The first-order valence-corrected chi connectivity index (χ1v) is 9.12. The zero-order valence-corrected chi connectivity index (χ0v) is 14.1. The van der Waals surface area contributed by atoms with Crippen LogP contribution in [0.5, 0.6) is 0 Å². The van der Waals surface area contributed by atoms with Gasteiger partial charge in [0.1, 0.15) is 5.01 Å². The van der Waals surface area contributed by atoms with E-state index in [1.54, 1.807) is 24.3 Å². The number of aryl methyl sites for hydroxylation is 1. The second kappa shape index (κ2) is 5.36. The fraction of sp³-hybridized carbons (Fsp3) is 0.286. The van der Waals surface area contributed by atoms with Crippen LogP contribution in [0.1, 0.15) is 30.5 Å². The molecule has 0 spiro atoms. The molecule has 0 amide bonds. The summed E-state index contributed by atoms with van der Waals surface area (Å²) in [6, 6.07) is 8.80. The van der Waals surface area contributed by atoms with E-state index < -0.39 is 10.0 Å². The van der Waals surface area contributed by atoms with Gasteiger partial charge in [0, 0.05) is 5.69 Å². The van der Waals surface area contributed by atoms with Gasteiger partial charge in [-0.25, -0.2) is 4.98 Å². The molecule has 3 rings (SSSR count). The number of nitrogens with zero attached hydrogens (tertiary/aromatic N) is 3. The van der Waals surface area contributed by atoms with Crippen molar-refractivity contribution < 1.29 is 8.42 Å². The molecule has 0 radical (unpaired) electrons. The van der Waals surface area contributed by atoms with Crippen molar-refractivity contribution in [2.75, 3.05) is 4.72 Å². The zero-order valence-electron chi connectivity index (χ0n) is 12.4. The average Bonchev–Trinajstić information content (AvgIpc) is 2.94. The van der Waals surface area contributed by atoms with E-state index in [0.717, 1.165) is 5.01 Å². The number of anilines is 1. The van der Waals surface area contributed by atoms with Crippen LogP contribution in [-0.4, -0.2) is 23.0 Å². The lowest BCUT2D eigenvalue weighted by Gasteiger charge is -2.10. The Kier molecular flexibility index (Phi) is 3.65. The molecule has 6 nitrogen and oxygen atoms in total. The van der Waals surface area contributed by atoms with Gasteiger partial charge in [0.25, 0.3) is 10.0 Å². The summed E-state index contributed by atoms with van der Waals surface area (Å²) in [5, 5.41) is 5.17. The summed E-state index contributed by atoms with van der Waals surface area (Å²) in [7, 11) is -3.76. The number of aromatic nitrogens is 3. The maximum absolute atomic E-state index is 12.8. The number of rotatable bonds is 4. The second-order valence-electron chi connectivity index (χ2n) is 5.24. The molecule has 0 fully saturated rings. The van der Waals surface area contributed by atoms with Crippen molar-refractivity contribution in [3.05, 3.63) is 41.0 Å². The highest BCUT2D eigenvalue weighted by Gasteiger charge is 2.28. The molecule has 2 heterocycles. The number of hydrogen-bond donors (Lipinski definition) is 1. The summed E-state index contributed by atoms with van der Waals surface area (Å²) in [6.07, 6.45) is 0. The lowest BCUT2D eigenvalue weighted by Crippen LogP contribution is -2.17. The number of fused-ring (bicyclic) bond motifs is 1. The molecule has 0 saturated heterocycles. The second-order valence-corrected chi connectivity index (χ2v) is 8.00. The molecule has 1 N–H and O–H groups in total. The van der Waals surface area contributed by atoms with E-state index >= 15 is 0 Å². The maximum Gasteiger partial charge on any atom is 0.281 e. The number of benzene rings is 1. The molecular weight excluding hydrogens is 320 g/mol. The molecule has 0 atom stereocenters. The molecule has 22 heavy (non-hydrogen) atoms. The first-order valence-electron chi connectivity index (χ1n) is 6.82. The highest BCUT2D eigenvalue weighted by atomic mass is 32.2. The van der Waals surface area contributed by atoms with Crippen LogP contribution in [0.15, 0.2) is 35.4 Å². The predicted molar refractivity (Wildman–Crippen MR) is 86.9 cm³/mol. The molecule has 1 aromatic carbocycles. The third kappa shape index (κ3) is 2.59. The molecule has 2 aromatic heterocycles. The molecule has 116 valence electrons. The van der Waals surface area contributed by atoms with E-state index in [-0.39, 0.29) is 10.9 Å². The van der Waals surface area contributed by atoms with Crippen molar-refractivity contribution in [1.82, 2.24) is 14.6 Å². The number of hydrogen-bond acceptors (Lipinski definition) is 5. The normalized spacial score (nSPS) is 12.2. The summed E-state index contributed by atoms with van der Waals surface area (Å²) >= 11 is 1.38. The van der Waals surface area contributed by atoms with Crippen molar-refractivity contribution in [3.8, 4) is 0 Å². The predicted octanol–water partition coefficient (Wildman–Crippen LogP) is 3.02. The van der Waals surface area contributed by atoms with E-state index in [2.05, 4.69) is 14.8 Å². The molecule has 0 bridgehead atoms. The Hall–Kier alpha value is -1.93. The average molecular weight is 336 g/mol. The van der Waals surface area contributed by atoms with Gasteiger partial charge in [-0.2, -0.15) is 18.0 Å².